The van der Waals surface area contributed by atoms with Crippen LogP contribution in [0.4, 0.5) is 21.2 Å². The molecule has 0 bridgehead atoms. The Kier molecular flexibility index (Phi) is 5.29. The van der Waals surface area contributed by atoms with Crippen LogP contribution in [0.1, 0.15) is 12.6 Å². The molecular formula is C22H23FN6OS. The highest BCUT2D eigenvalue weighted by Crippen LogP contribution is 2.33. The monoisotopic (exact) mass is 438 g/mol. The Morgan fingerprint density at radius 1 is 1.10 bits per heavy atom. The summed E-state index contributed by atoms with van der Waals surface area (Å²) in [7, 11) is 1.99. The molecule has 31 heavy (non-hydrogen) atoms. The van der Waals surface area contributed by atoms with Gasteiger partial charge in [-0.1, -0.05) is 6.92 Å². The number of aryl methyl sites for hydroxylation is 1. The first kappa shape index (κ1) is 19.9. The lowest BCUT2D eigenvalue weighted by Crippen LogP contribution is -2.37. The van der Waals surface area contributed by atoms with Gasteiger partial charge in [0.05, 0.1) is 24.6 Å². The van der Waals surface area contributed by atoms with Crippen molar-refractivity contribution in [3.8, 4) is 11.3 Å². The SMILES string of the molecule is CCc1nc2ccc(N3CCOCC3)nn2c1N(C)c1nc(-c2ccc(F)cc2)cs1. The van der Waals surface area contributed by atoms with Crippen molar-refractivity contribution in [1.29, 1.82) is 0 Å². The zero-order valence-electron chi connectivity index (χ0n) is 17.5. The van der Waals surface area contributed by atoms with E-state index in [4.69, 9.17) is 19.8 Å². The van der Waals surface area contributed by atoms with Crippen LogP contribution in [0.3, 0.4) is 0 Å². The van der Waals surface area contributed by atoms with Crippen LogP contribution in [0.2, 0.25) is 0 Å². The van der Waals surface area contributed by atoms with Crippen molar-refractivity contribution in [2.45, 2.75) is 13.3 Å². The van der Waals surface area contributed by atoms with Crippen LogP contribution in [-0.4, -0.2) is 52.9 Å². The fourth-order valence-corrected chi connectivity index (χ4v) is 4.56. The number of thiazole rings is 1. The smallest absolute Gasteiger partial charge is 0.191 e. The standard InChI is InChI=1S/C22H23FN6OS/c1-3-17-21(27(2)22-25-18(14-31-22)15-4-6-16(23)7-5-15)29-19(24-17)8-9-20(26-29)28-10-12-30-13-11-28/h4-9,14H,3,10-13H2,1-2H3. The zero-order chi connectivity index (χ0) is 21.4. The Balaban J connectivity index is 1.53. The van der Waals surface area contributed by atoms with E-state index in [1.807, 2.05) is 34.0 Å². The van der Waals surface area contributed by atoms with Crippen LogP contribution in [-0.2, 0) is 11.2 Å². The van der Waals surface area contributed by atoms with E-state index >= 15 is 0 Å². The van der Waals surface area contributed by atoms with Crippen LogP contribution in [0.25, 0.3) is 16.9 Å². The van der Waals surface area contributed by atoms with Gasteiger partial charge in [0.2, 0.25) is 0 Å². The van der Waals surface area contributed by atoms with Crippen molar-refractivity contribution in [2.24, 2.45) is 0 Å². The summed E-state index contributed by atoms with van der Waals surface area (Å²) in [4.78, 5) is 13.8. The van der Waals surface area contributed by atoms with Crippen molar-refractivity contribution in [2.75, 3.05) is 43.2 Å². The molecule has 1 saturated heterocycles. The lowest BCUT2D eigenvalue weighted by Gasteiger charge is -2.27. The second-order valence-electron chi connectivity index (χ2n) is 7.38. The predicted octanol–water partition coefficient (Wildman–Crippen LogP) is 4.16. The molecule has 9 heteroatoms. The Bertz CT molecular complexity index is 1200. The van der Waals surface area contributed by atoms with Gasteiger partial charge in [-0.05, 0) is 42.8 Å². The van der Waals surface area contributed by atoms with Crippen LogP contribution >= 0.6 is 11.3 Å². The number of nitrogens with zero attached hydrogens (tertiary/aromatic N) is 6. The zero-order valence-corrected chi connectivity index (χ0v) is 18.3. The molecule has 1 fully saturated rings. The number of ether oxygens (including phenoxy) is 1. The molecule has 160 valence electrons. The Morgan fingerprint density at radius 2 is 1.87 bits per heavy atom. The molecular weight excluding hydrogens is 415 g/mol. The predicted molar refractivity (Wildman–Crippen MR) is 121 cm³/mol. The molecule has 7 nitrogen and oxygen atoms in total. The maximum Gasteiger partial charge on any atom is 0.191 e. The molecule has 0 saturated carbocycles. The highest BCUT2D eigenvalue weighted by Gasteiger charge is 2.21. The molecule has 1 aliphatic rings. The fourth-order valence-electron chi connectivity index (χ4n) is 3.75. The van der Waals surface area contributed by atoms with E-state index in [1.165, 1.54) is 12.1 Å². The number of fused-ring (bicyclic) bond motifs is 1. The van der Waals surface area contributed by atoms with Gasteiger partial charge in [0.15, 0.2) is 16.6 Å². The number of imidazole rings is 1. The van der Waals surface area contributed by atoms with Crippen LogP contribution < -0.4 is 9.80 Å². The fraction of sp³-hybridized carbons (Fsp3) is 0.318. The highest BCUT2D eigenvalue weighted by molar-refractivity contribution is 7.14. The van der Waals surface area contributed by atoms with Gasteiger partial charge in [-0.15, -0.1) is 16.4 Å². The normalized spacial score (nSPS) is 14.4. The first-order valence-electron chi connectivity index (χ1n) is 10.3. The van der Waals surface area contributed by atoms with E-state index in [2.05, 4.69) is 11.8 Å². The molecule has 5 rings (SSSR count). The average molecular weight is 439 g/mol. The minimum Gasteiger partial charge on any atom is -0.378 e. The third kappa shape index (κ3) is 3.75. The van der Waals surface area contributed by atoms with E-state index in [-0.39, 0.29) is 5.82 Å². The summed E-state index contributed by atoms with van der Waals surface area (Å²) in [5, 5.41) is 7.72. The van der Waals surface area contributed by atoms with Gasteiger partial charge in [-0.25, -0.2) is 14.4 Å². The molecule has 1 aromatic carbocycles. The van der Waals surface area contributed by atoms with Gasteiger partial charge >= 0.3 is 0 Å². The summed E-state index contributed by atoms with van der Waals surface area (Å²) in [6.45, 7) is 5.16. The van der Waals surface area contributed by atoms with Gasteiger partial charge in [0, 0.05) is 31.1 Å². The Morgan fingerprint density at radius 3 is 2.61 bits per heavy atom. The van der Waals surface area contributed by atoms with Crippen LogP contribution in [0.15, 0.2) is 41.8 Å². The first-order valence-corrected chi connectivity index (χ1v) is 11.2. The third-order valence-electron chi connectivity index (χ3n) is 5.42. The molecule has 4 heterocycles. The lowest BCUT2D eigenvalue weighted by atomic mass is 10.2. The van der Waals surface area contributed by atoms with Gasteiger partial charge in [-0.3, -0.25) is 0 Å². The summed E-state index contributed by atoms with van der Waals surface area (Å²) in [5.74, 6) is 1.57. The summed E-state index contributed by atoms with van der Waals surface area (Å²) in [6.07, 6.45) is 0.784. The molecule has 0 radical (unpaired) electrons. The Hall–Kier alpha value is -3.04. The molecule has 0 amide bonds. The van der Waals surface area contributed by atoms with Crippen molar-refractivity contribution in [3.05, 3.63) is 53.3 Å². The number of hydrogen-bond acceptors (Lipinski definition) is 7. The minimum atomic E-state index is -0.253. The number of hydrogen-bond donors (Lipinski definition) is 0. The van der Waals surface area contributed by atoms with Gasteiger partial charge in [0.1, 0.15) is 11.6 Å². The molecule has 0 N–H and O–H groups in total. The number of rotatable bonds is 5. The molecule has 3 aromatic heterocycles. The molecule has 0 unspecified atom stereocenters. The summed E-state index contributed by atoms with van der Waals surface area (Å²) >= 11 is 1.54. The van der Waals surface area contributed by atoms with E-state index in [0.717, 1.165) is 58.9 Å². The highest BCUT2D eigenvalue weighted by atomic mass is 32.1. The van der Waals surface area contributed by atoms with Gasteiger partial charge in [0.25, 0.3) is 0 Å². The number of morpholine rings is 1. The quantitative estimate of drug-likeness (QED) is 0.466. The number of halogens is 1. The van der Waals surface area contributed by atoms with Crippen LogP contribution in [0, 0.1) is 5.82 Å². The third-order valence-corrected chi connectivity index (χ3v) is 6.33. The van der Waals surface area contributed by atoms with Crippen molar-refractivity contribution in [1.82, 2.24) is 19.6 Å². The molecule has 0 atom stereocenters. The molecule has 0 aliphatic carbocycles. The summed E-state index contributed by atoms with van der Waals surface area (Å²) < 4.78 is 20.6. The van der Waals surface area contributed by atoms with E-state index in [1.54, 1.807) is 23.5 Å². The topological polar surface area (TPSA) is 58.8 Å². The van der Waals surface area contributed by atoms with E-state index < -0.39 is 0 Å². The van der Waals surface area contributed by atoms with E-state index in [9.17, 15) is 4.39 Å². The van der Waals surface area contributed by atoms with Gasteiger partial charge in [-0.2, -0.15) is 4.52 Å². The van der Waals surface area contributed by atoms with Crippen molar-refractivity contribution >= 4 is 33.8 Å². The average Bonchev–Trinajstić information content (AvgIpc) is 3.44. The maximum absolute atomic E-state index is 13.3. The van der Waals surface area contributed by atoms with Crippen LogP contribution in [0.5, 0.6) is 0 Å². The van der Waals surface area contributed by atoms with Gasteiger partial charge < -0.3 is 14.5 Å². The number of benzene rings is 1. The summed E-state index contributed by atoms with van der Waals surface area (Å²) in [5.41, 5.74) is 3.48. The van der Waals surface area contributed by atoms with Crippen molar-refractivity contribution < 1.29 is 9.13 Å². The largest absolute Gasteiger partial charge is 0.378 e. The number of aromatic nitrogens is 4. The molecule has 4 aromatic rings. The summed E-state index contributed by atoms with van der Waals surface area (Å²) in [6, 6.07) is 10.4. The maximum atomic E-state index is 13.3. The minimum absolute atomic E-state index is 0.253. The second-order valence-corrected chi connectivity index (χ2v) is 8.21. The molecule has 1 aliphatic heterocycles. The lowest BCUT2D eigenvalue weighted by molar-refractivity contribution is 0.122. The van der Waals surface area contributed by atoms with E-state index in [0.29, 0.717) is 13.2 Å². The molecule has 0 spiro atoms. The van der Waals surface area contributed by atoms with Crippen molar-refractivity contribution in [3.63, 3.8) is 0 Å². The Labute approximate surface area is 183 Å². The second kappa shape index (κ2) is 8.24. The number of anilines is 3. The first-order chi connectivity index (χ1) is 15.1.